The monoisotopic (exact) mass is 212 g/mol. The zero-order valence-corrected chi connectivity index (χ0v) is 9.06. The lowest BCUT2D eigenvalue weighted by Crippen LogP contribution is -2.59. The standard InChI is InChI=1S/C9H12O4Si/c1-12-14(13-2,9(10)11)8-6-4-3-5-7-8/h3-7H,1-2H3,(H,10,11). The second-order valence-corrected chi connectivity index (χ2v) is 5.75. The second-order valence-electron chi connectivity index (χ2n) is 2.70. The van der Waals surface area contributed by atoms with E-state index in [4.69, 9.17) is 14.0 Å². The zero-order chi connectivity index (χ0) is 10.6. The number of rotatable bonds is 4. The van der Waals surface area contributed by atoms with Crippen LogP contribution in [-0.4, -0.2) is 33.5 Å². The van der Waals surface area contributed by atoms with Crippen LogP contribution in [0.5, 0.6) is 0 Å². The molecule has 0 amide bonds. The van der Waals surface area contributed by atoms with Crippen LogP contribution in [0.15, 0.2) is 30.3 Å². The van der Waals surface area contributed by atoms with Gasteiger partial charge in [-0.2, -0.15) is 0 Å². The van der Waals surface area contributed by atoms with Crippen molar-refractivity contribution in [3.8, 4) is 0 Å². The maximum absolute atomic E-state index is 11.1. The first-order chi connectivity index (χ1) is 6.67. The molecule has 76 valence electrons. The molecule has 1 N–H and O–H groups in total. The Balaban J connectivity index is 3.18. The summed E-state index contributed by atoms with van der Waals surface area (Å²) in [6.07, 6.45) is 0. The number of hydrogen-bond donors (Lipinski definition) is 1. The lowest BCUT2D eigenvalue weighted by atomic mass is 10.4. The van der Waals surface area contributed by atoms with Crippen LogP contribution >= 0.6 is 0 Å². The highest BCUT2D eigenvalue weighted by molar-refractivity contribution is 7.04. The third-order valence-electron chi connectivity index (χ3n) is 2.01. The third kappa shape index (κ3) is 1.70. The zero-order valence-electron chi connectivity index (χ0n) is 8.06. The predicted octanol–water partition coefficient (Wildman–Crippen LogP) is 0.888. The fraction of sp³-hybridized carbons (Fsp3) is 0.222. The van der Waals surface area contributed by atoms with Gasteiger partial charge < -0.3 is 14.0 Å². The van der Waals surface area contributed by atoms with Gasteiger partial charge in [0.05, 0.1) is 0 Å². The Morgan fingerprint density at radius 3 is 2.07 bits per heavy atom. The molecule has 1 rings (SSSR count). The van der Waals surface area contributed by atoms with Crippen LogP contribution in [-0.2, 0) is 8.85 Å². The number of benzene rings is 1. The van der Waals surface area contributed by atoms with Gasteiger partial charge in [0.25, 0.3) is 0 Å². The molecule has 4 nitrogen and oxygen atoms in total. The minimum absolute atomic E-state index is 0.595. The summed E-state index contributed by atoms with van der Waals surface area (Å²) >= 11 is 0. The van der Waals surface area contributed by atoms with Crippen LogP contribution in [0.2, 0.25) is 0 Å². The van der Waals surface area contributed by atoms with Crippen molar-refractivity contribution in [2.24, 2.45) is 0 Å². The van der Waals surface area contributed by atoms with Crippen LogP contribution in [0.25, 0.3) is 0 Å². The number of hydrogen-bond acceptors (Lipinski definition) is 3. The molecule has 0 radical (unpaired) electrons. The maximum Gasteiger partial charge on any atom is 0.495 e. The molecule has 5 heteroatoms. The average Bonchev–Trinajstić information content (AvgIpc) is 2.22. The Bertz CT molecular complexity index is 308. The van der Waals surface area contributed by atoms with Crippen molar-refractivity contribution in [1.29, 1.82) is 0 Å². The van der Waals surface area contributed by atoms with Gasteiger partial charge in [0.1, 0.15) is 0 Å². The van der Waals surface area contributed by atoms with E-state index < -0.39 is 14.2 Å². The summed E-state index contributed by atoms with van der Waals surface area (Å²) < 4.78 is 10.1. The van der Waals surface area contributed by atoms with Crippen molar-refractivity contribution in [1.82, 2.24) is 0 Å². The molecule has 0 saturated heterocycles. The molecule has 0 aliphatic heterocycles. The molecule has 0 bridgehead atoms. The molecule has 0 saturated carbocycles. The molecule has 0 spiro atoms. The summed E-state index contributed by atoms with van der Waals surface area (Å²) in [7, 11) is -0.564. The Morgan fingerprint density at radius 1 is 1.21 bits per heavy atom. The lowest BCUT2D eigenvalue weighted by Gasteiger charge is -2.22. The molecular weight excluding hydrogens is 200 g/mol. The highest BCUT2D eigenvalue weighted by Gasteiger charge is 2.48. The Kier molecular flexibility index (Phi) is 3.40. The molecular formula is C9H12O4Si. The minimum atomic E-state index is -3.28. The summed E-state index contributed by atoms with van der Waals surface area (Å²) in [6.45, 7) is 0. The molecule has 0 aromatic heterocycles. The quantitative estimate of drug-likeness (QED) is 0.753. The average molecular weight is 212 g/mol. The fourth-order valence-corrected chi connectivity index (χ4v) is 3.14. The normalized spacial score (nSPS) is 11.3. The van der Waals surface area contributed by atoms with Crippen molar-refractivity contribution in [2.45, 2.75) is 0 Å². The first-order valence-electron chi connectivity index (χ1n) is 4.06. The van der Waals surface area contributed by atoms with Crippen molar-refractivity contribution >= 4 is 19.3 Å². The molecule has 14 heavy (non-hydrogen) atoms. The molecule has 0 aliphatic carbocycles. The van der Waals surface area contributed by atoms with E-state index in [9.17, 15) is 4.79 Å². The van der Waals surface area contributed by atoms with Crippen LogP contribution in [0.1, 0.15) is 0 Å². The van der Waals surface area contributed by atoms with Gasteiger partial charge in [-0.3, -0.25) is 4.79 Å². The molecule has 1 aromatic carbocycles. The van der Waals surface area contributed by atoms with Crippen LogP contribution < -0.4 is 5.19 Å². The second kappa shape index (κ2) is 4.36. The molecule has 1 aromatic rings. The fourth-order valence-electron chi connectivity index (χ4n) is 1.27. The molecule has 0 fully saturated rings. The highest BCUT2D eigenvalue weighted by Crippen LogP contribution is 2.07. The molecule has 0 unspecified atom stereocenters. The maximum atomic E-state index is 11.1. The predicted molar refractivity (Wildman–Crippen MR) is 53.9 cm³/mol. The van der Waals surface area contributed by atoms with Gasteiger partial charge in [0.15, 0.2) is 0 Å². The van der Waals surface area contributed by atoms with E-state index in [0.29, 0.717) is 5.19 Å². The topological polar surface area (TPSA) is 55.8 Å². The van der Waals surface area contributed by atoms with Crippen molar-refractivity contribution in [3.63, 3.8) is 0 Å². The van der Waals surface area contributed by atoms with Crippen LogP contribution in [0.4, 0.5) is 4.79 Å². The molecule has 0 aliphatic rings. The Labute approximate surface area is 83.3 Å². The largest absolute Gasteiger partial charge is 0.495 e. The van der Waals surface area contributed by atoms with E-state index >= 15 is 0 Å². The van der Waals surface area contributed by atoms with E-state index in [0.717, 1.165) is 0 Å². The number of carboxylic acid groups (broad SMARTS) is 1. The molecule has 0 atom stereocenters. The van der Waals surface area contributed by atoms with Gasteiger partial charge in [-0.15, -0.1) is 0 Å². The van der Waals surface area contributed by atoms with E-state index in [-0.39, 0.29) is 0 Å². The summed E-state index contributed by atoms with van der Waals surface area (Å²) in [4.78, 5) is 11.1. The summed E-state index contributed by atoms with van der Waals surface area (Å²) in [5, 5.41) is 9.68. The third-order valence-corrected chi connectivity index (χ3v) is 4.82. The van der Waals surface area contributed by atoms with Crippen LogP contribution in [0.3, 0.4) is 0 Å². The first-order valence-corrected chi connectivity index (χ1v) is 5.88. The van der Waals surface area contributed by atoms with Crippen molar-refractivity contribution in [2.75, 3.05) is 14.2 Å². The SMILES string of the molecule is CO[Si](OC)(C(=O)O)c1ccccc1. The van der Waals surface area contributed by atoms with Crippen molar-refractivity contribution in [3.05, 3.63) is 30.3 Å². The Morgan fingerprint density at radius 2 is 1.71 bits per heavy atom. The van der Waals surface area contributed by atoms with E-state index in [1.807, 2.05) is 6.07 Å². The summed E-state index contributed by atoms with van der Waals surface area (Å²) in [5.41, 5.74) is -1.03. The van der Waals surface area contributed by atoms with Gasteiger partial charge in [0, 0.05) is 19.4 Å². The first kappa shape index (κ1) is 10.9. The van der Waals surface area contributed by atoms with Crippen molar-refractivity contribution < 1.29 is 18.8 Å². The van der Waals surface area contributed by atoms with Crippen LogP contribution in [0, 0.1) is 0 Å². The van der Waals surface area contributed by atoms with E-state index in [1.165, 1.54) is 14.2 Å². The number of carbonyl (C=O) groups is 1. The van der Waals surface area contributed by atoms with Gasteiger partial charge in [0.2, 0.25) is 0 Å². The van der Waals surface area contributed by atoms with Gasteiger partial charge in [-0.05, 0) is 0 Å². The Hall–Kier alpha value is -1.17. The smallest absolute Gasteiger partial charge is 0.481 e. The van der Waals surface area contributed by atoms with E-state index in [1.54, 1.807) is 24.3 Å². The summed E-state index contributed by atoms with van der Waals surface area (Å²) in [5.74, 6) is 0. The molecule has 0 heterocycles. The summed E-state index contributed by atoms with van der Waals surface area (Å²) in [6, 6.07) is 8.74. The van der Waals surface area contributed by atoms with E-state index in [2.05, 4.69) is 0 Å². The van der Waals surface area contributed by atoms with Gasteiger partial charge >= 0.3 is 14.2 Å². The van der Waals surface area contributed by atoms with Gasteiger partial charge in [-0.1, -0.05) is 30.3 Å². The van der Waals surface area contributed by atoms with Gasteiger partial charge in [-0.25, -0.2) is 0 Å². The lowest BCUT2D eigenvalue weighted by molar-refractivity contribution is 0.189. The minimum Gasteiger partial charge on any atom is -0.481 e. The highest BCUT2D eigenvalue weighted by atomic mass is 28.4.